The second-order valence-electron chi connectivity index (χ2n) is 3.00. The van der Waals surface area contributed by atoms with Gasteiger partial charge in [-0.2, -0.15) is 0 Å². The Morgan fingerprint density at radius 1 is 1.69 bits per heavy atom. The van der Waals surface area contributed by atoms with Gasteiger partial charge < -0.3 is 10.6 Å². The van der Waals surface area contributed by atoms with Crippen LogP contribution in [0, 0.1) is 12.3 Å². The zero-order valence-corrected chi connectivity index (χ0v) is 7.55. The summed E-state index contributed by atoms with van der Waals surface area (Å²) in [5.41, 5.74) is 0. The number of urea groups is 1. The Morgan fingerprint density at radius 3 is 3.15 bits per heavy atom. The predicted octanol–water partition coefficient (Wildman–Crippen LogP) is 1.03. The standard InChI is InChI=1S/C10H14N2O/c1-2-8-11-10(13)12-9-6-4-3-5-7-9/h1,4,6,9H,3,5,7-8H2,(H2,11,12,13). The largest absolute Gasteiger partial charge is 0.332 e. The van der Waals surface area contributed by atoms with Gasteiger partial charge in [0.25, 0.3) is 0 Å². The van der Waals surface area contributed by atoms with Gasteiger partial charge >= 0.3 is 6.03 Å². The molecule has 0 saturated heterocycles. The molecule has 1 aliphatic carbocycles. The van der Waals surface area contributed by atoms with Crippen LogP contribution < -0.4 is 10.6 Å². The number of carbonyl (C=O) groups excluding carboxylic acids is 1. The van der Waals surface area contributed by atoms with Crippen LogP contribution in [0.4, 0.5) is 4.79 Å². The van der Waals surface area contributed by atoms with Crippen molar-refractivity contribution in [1.29, 1.82) is 0 Å². The highest BCUT2D eigenvalue weighted by Crippen LogP contribution is 2.09. The molecule has 2 N–H and O–H groups in total. The molecule has 0 aliphatic heterocycles. The summed E-state index contributed by atoms with van der Waals surface area (Å²) in [7, 11) is 0. The molecular formula is C10H14N2O. The minimum absolute atomic E-state index is 0.173. The van der Waals surface area contributed by atoms with Crippen LogP contribution in [0.15, 0.2) is 12.2 Å². The van der Waals surface area contributed by atoms with E-state index in [0.717, 1.165) is 19.3 Å². The van der Waals surface area contributed by atoms with Crippen molar-refractivity contribution in [3.8, 4) is 12.3 Å². The maximum atomic E-state index is 11.1. The van der Waals surface area contributed by atoms with Crippen molar-refractivity contribution < 1.29 is 4.79 Å². The summed E-state index contributed by atoms with van der Waals surface area (Å²) in [6, 6.07) is -0.0129. The number of hydrogen-bond donors (Lipinski definition) is 2. The molecule has 0 bridgehead atoms. The molecule has 1 aliphatic rings. The van der Waals surface area contributed by atoms with Crippen LogP contribution in [0.1, 0.15) is 19.3 Å². The fourth-order valence-corrected chi connectivity index (χ4v) is 1.28. The molecule has 0 heterocycles. The topological polar surface area (TPSA) is 41.1 Å². The van der Waals surface area contributed by atoms with Gasteiger partial charge in [0.2, 0.25) is 0 Å². The smallest absolute Gasteiger partial charge is 0.316 e. The van der Waals surface area contributed by atoms with Crippen molar-refractivity contribution in [3.05, 3.63) is 12.2 Å². The Hall–Kier alpha value is -1.43. The van der Waals surface area contributed by atoms with Gasteiger partial charge in [0.05, 0.1) is 6.54 Å². The van der Waals surface area contributed by atoms with Crippen molar-refractivity contribution in [2.24, 2.45) is 0 Å². The van der Waals surface area contributed by atoms with Crippen molar-refractivity contribution in [1.82, 2.24) is 10.6 Å². The lowest BCUT2D eigenvalue weighted by atomic mass is 10.0. The lowest BCUT2D eigenvalue weighted by Crippen LogP contribution is -2.41. The third kappa shape index (κ3) is 3.66. The van der Waals surface area contributed by atoms with Crippen molar-refractivity contribution >= 4 is 6.03 Å². The minimum Gasteiger partial charge on any atom is -0.332 e. The fourth-order valence-electron chi connectivity index (χ4n) is 1.28. The van der Waals surface area contributed by atoms with Crippen LogP contribution in [0.2, 0.25) is 0 Å². The molecule has 0 aromatic heterocycles. The van der Waals surface area contributed by atoms with Crippen LogP contribution in [0.5, 0.6) is 0 Å². The normalized spacial score (nSPS) is 20.4. The molecule has 0 spiro atoms. The Bertz CT molecular complexity index is 240. The van der Waals surface area contributed by atoms with Crippen LogP contribution >= 0.6 is 0 Å². The van der Waals surface area contributed by atoms with E-state index in [4.69, 9.17) is 6.42 Å². The maximum Gasteiger partial charge on any atom is 0.316 e. The van der Waals surface area contributed by atoms with Gasteiger partial charge in [0, 0.05) is 6.04 Å². The summed E-state index contributed by atoms with van der Waals surface area (Å²) in [6.45, 7) is 0.280. The van der Waals surface area contributed by atoms with Gasteiger partial charge in [-0.3, -0.25) is 0 Å². The summed E-state index contributed by atoms with van der Waals surface area (Å²) in [5.74, 6) is 2.35. The third-order valence-corrected chi connectivity index (χ3v) is 1.92. The number of nitrogens with one attached hydrogen (secondary N) is 2. The average Bonchev–Trinajstić information content (AvgIpc) is 2.16. The van der Waals surface area contributed by atoms with Crippen molar-refractivity contribution in [2.75, 3.05) is 6.54 Å². The van der Waals surface area contributed by atoms with Crippen LogP contribution in [-0.4, -0.2) is 18.6 Å². The first-order valence-corrected chi connectivity index (χ1v) is 4.47. The van der Waals surface area contributed by atoms with Gasteiger partial charge in [-0.05, 0) is 19.3 Å². The second kappa shape index (κ2) is 5.26. The van der Waals surface area contributed by atoms with Gasteiger partial charge in [-0.1, -0.05) is 18.1 Å². The van der Waals surface area contributed by atoms with E-state index in [-0.39, 0.29) is 18.6 Å². The molecule has 0 aromatic carbocycles. The minimum atomic E-state index is -0.186. The molecule has 0 fully saturated rings. The molecule has 0 radical (unpaired) electrons. The number of hydrogen-bond acceptors (Lipinski definition) is 1. The number of amides is 2. The monoisotopic (exact) mass is 178 g/mol. The zero-order chi connectivity index (χ0) is 9.52. The van der Waals surface area contributed by atoms with Crippen molar-refractivity contribution in [2.45, 2.75) is 25.3 Å². The van der Waals surface area contributed by atoms with E-state index in [0.29, 0.717) is 0 Å². The number of rotatable bonds is 2. The highest BCUT2D eigenvalue weighted by Gasteiger charge is 2.10. The fraction of sp³-hybridized carbons (Fsp3) is 0.500. The molecule has 13 heavy (non-hydrogen) atoms. The van der Waals surface area contributed by atoms with Crippen LogP contribution in [0.25, 0.3) is 0 Å². The average molecular weight is 178 g/mol. The van der Waals surface area contributed by atoms with Crippen LogP contribution in [-0.2, 0) is 0 Å². The van der Waals surface area contributed by atoms with E-state index in [1.165, 1.54) is 0 Å². The molecule has 1 unspecified atom stereocenters. The first-order chi connectivity index (χ1) is 6.33. The van der Waals surface area contributed by atoms with Gasteiger partial charge in [0.15, 0.2) is 0 Å². The lowest BCUT2D eigenvalue weighted by molar-refractivity contribution is 0.239. The second-order valence-corrected chi connectivity index (χ2v) is 3.00. The van der Waals surface area contributed by atoms with E-state index >= 15 is 0 Å². The van der Waals surface area contributed by atoms with Gasteiger partial charge in [0.1, 0.15) is 0 Å². The highest BCUT2D eigenvalue weighted by molar-refractivity contribution is 5.74. The Balaban J connectivity index is 2.23. The highest BCUT2D eigenvalue weighted by atomic mass is 16.2. The summed E-state index contributed by atoms with van der Waals surface area (Å²) in [5, 5.41) is 5.38. The Kier molecular flexibility index (Phi) is 3.90. The Labute approximate surface area is 78.6 Å². The number of terminal acetylenes is 1. The van der Waals surface area contributed by atoms with E-state index in [1.54, 1.807) is 0 Å². The summed E-state index contributed by atoms with van der Waals surface area (Å²) < 4.78 is 0. The summed E-state index contributed by atoms with van der Waals surface area (Å²) in [4.78, 5) is 11.1. The number of allylic oxidation sites excluding steroid dienone is 1. The first-order valence-electron chi connectivity index (χ1n) is 4.47. The van der Waals surface area contributed by atoms with Gasteiger partial charge in [-0.15, -0.1) is 6.42 Å². The zero-order valence-electron chi connectivity index (χ0n) is 7.55. The molecule has 70 valence electrons. The van der Waals surface area contributed by atoms with E-state index in [2.05, 4.69) is 22.6 Å². The summed E-state index contributed by atoms with van der Waals surface area (Å²) in [6.07, 6.45) is 12.4. The van der Waals surface area contributed by atoms with Gasteiger partial charge in [-0.25, -0.2) is 4.79 Å². The molecule has 3 heteroatoms. The third-order valence-electron chi connectivity index (χ3n) is 1.92. The first kappa shape index (κ1) is 9.66. The molecule has 2 amide bonds. The van der Waals surface area contributed by atoms with E-state index in [1.807, 2.05) is 6.08 Å². The summed E-state index contributed by atoms with van der Waals surface area (Å²) >= 11 is 0. The molecule has 1 atom stereocenters. The molecular weight excluding hydrogens is 164 g/mol. The maximum absolute atomic E-state index is 11.1. The Morgan fingerprint density at radius 2 is 2.54 bits per heavy atom. The quantitative estimate of drug-likeness (QED) is 0.481. The number of carbonyl (C=O) groups is 1. The molecule has 1 rings (SSSR count). The van der Waals surface area contributed by atoms with E-state index in [9.17, 15) is 4.79 Å². The molecule has 0 saturated carbocycles. The SMILES string of the molecule is C#CCNC(=O)NC1C=CCCC1. The lowest BCUT2D eigenvalue weighted by Gasteiger charge is -2.17. The molecule has 3 nitrogen and oxygen atoms in total. The molecule has 0 aromatic rings. The predicted molar refractivity (Wildman–Crippen MR) is 52.1 cm³/mol. The van der Waals surface area contributed by atoms with Crippen LogP contribution in [0.3, 0.4) is 0 Å². The van der Waals surface area contributed by atoms with E-state index < -0.39 is 0 Å². The van der Waals surface area contributed by atoms with Crippen molar-refractivity contribution in [3.63, 3.8) is 0 Å².